The van der Waals surface area contributed by atoms with Crippen molar-refractivity contribution in [2.24, 2.45) is 11.8 Å². The Bertz CT molecular complexity index is 851. The van der Waals surface area contributed by atoms with E-state index in [0.29, 0.717) is 17.4 Å². The summed E-state index contributed by atoms with van der Waals surface area (Å²) in [5.74, 6) is 2.09. The fourth-order valence-corrected chi connectivity index (χ4v) is 5.65. The van der Waals surface area contributed by atoms with Gasteiger partial charge < -0.3 is 9.84 Å². The van der Waals surface area contributed by atoms with Crippen LogP contribution in [-0.4, -0.2) is 40.2 Å². The molecule has 0 radical (unpaired) electrons. The molecule has 3 heterocycles. The number of allylic oxidation sites excluding steroid dienone is 1. The number of rotatable bonds is 4. The summed E-state index contributed by atoms with van der Waals surface area (Å²) in [5, 5.41) is 12.3. The summed E-state index contributed by atoms with van der Waals surface area (Å²) in [7, 11) is 1.67. The predicted octanol–water partition coefficient (Wildman–Crippen LogP) is 3.32. The maximum atomic E-state index is 11.3. The molecule has 1 spiro atoms. The molecule has 2 aliphatic heterocycles. The normalized spacial score (nSPS) is 34.6. The summed E-state index contributed by atoms with van der Waals surface area (Å²) >= 11 is 0. The summed E-state index contributed by atoms with van der Waals surface area (Å²) in [6.07, 6.45) is 6.98. The third-order valence-electron chi connectivity index (χ3n) is 7.02. The van der Waals surface area contributed by atoms with Gasteiger partial charge >= 0.3 is 0 Å². The Morgan fingerprint density at radius 1 is 1.44 bits per heavy atom. The molecule has 25 heavy (non-hydrogen) atoms. The van der Waals surface area contributed by atoms with E-state index in [4.69, 9.17) is 4.74 Å². The second-order valence-electron chi connectivity index (χ2n) is 7.79. The highest BCUT2D eigenvalue weighted by Crippen LogP contribution is 2.64. The summed E-state index contributed by atoms with van der Waals surface area (Å²) in [6, 6.07) is 8.02. The van der Waals surface area contributed by atoms with Crippen molar-refractivity contribution in [1.82, 2.24) is 9.88 Å². The minimum atomic E-state index is -0.495. The van der Waals surface area contributed by atoms with E-state index in [1.165, 1.54) is 12.8 Å². The number of hydrogen-bond acceptors (Lipinski definition) is 4. The first-order chi connectivity index (χ1) is 12.2. The Balaban J connectivity index is 1.52. The molecule has 1 aliphatic carbocycles. The van der Waals surface area contributed by atoms with Crippen molar-refractivity contribution in [2.75, 3.05) is 13.7 Å². The lowest BCUT2D eigenvalue weighted by Gasteiger charge is -2.62. The number of ether oxygens (including phenoxy) is 1. The molecule has 4 heteroatoms. The summed E-state index contributed by atoms with van der Waals surface area (Å²) in [4.78, 5) is 7.01. The van der Waals surface area contributed by atoms with E-state index in [2.05, 4.69) is 22.5 Å². The van der Waals surface area contributed by atoms with Crippen LogP contribution in [0.3, 0.4) is 0 Å². The first kappa shape index (κ1) is 15.4. The van der Waals surface area contributed by atoms with Crippen molar-refractivity contribution in [3.63, 3.8) is 0 Å². The number of fused-ring (bicyclic) bond motifs is 1. The maximum Gasteiger partial charge on any atom is 0.119 e. The molecule has 5 rings (SSSR count). The second kappa shape index (κ2) is 5.29. The first-order valence-corrected chi connectivity index (χ1v) is 9.18. The smallest absolute Gasteiger partial charge is 0.119 e. The molecule has 130 valence electrons. The predicted molar refractivity (Wildman–Crippen MR) is 97.5 cm³/mol. The third kappa shape index (κ3) is 1.92. The lowest BCUT2D eigenvalue weighted by molar-refractivity contribution is -0.117. The number of hydrogen-bond donors (Lipinski definition) is 1. The van der Waals surface area contributed by atoms with Crippen molar-refractivity contribution in [1.29, 1.82) is 0 Å². The van der Waals surface area contributed by atoms with Crippen LogP contribution in [0.15, 0.2) is 43.1 Å². The van der Waals surface area contributed by atoms with Crippen molar-refractivity contribution >= 4 is 10.9 Å². The van der Waals surface area contributed by atoms with Gasteiger partial charge in [0.15, 0.2) is 0 Å². The third-order valence-corrected chi connectivity index (χ3v) is 7.02. The largest absolute Gasteiger partial charge is 0.497 e. The lowest BCUT2D eigenvalue weighted by Crippen LogP contribution is -2.68. The number of pyridine rings is 1. The second-order valence-corrected chi connectivity index (χ2v) is 7.79. The molecule has 2 saturated heterocycles. The van der Waals surface area contributed by atoms with Crippen LogP contribution < -0.4 is 4.74 Å². The average Bonchev–Trinajstić information content (AvgIpc) is 2.77. The van der Waals surface area contributed by atoms with E-state index in [1.54, 1.807) is 13.3 Å². The molecule has 1 aromatic carbocycles. The number of nitrogens with zero attached hydrogens (tertiary/aromatic N) is 2. The molecule has 0 bridgehead atoms. The minimum absolute atomic E-state index is 0.195. The highest BCUT2D eigenvalue weighted by molar-refractivity contribution is 5.84. The maximum absolute atomic E-state index is 11.3. The number of methoxy groups -OCH3 is 1. The van der Waals surface area contributed by atoms with Crippen LogP contribution in [0.2, 0.25) is 0 Å². The number of benzene rings is 1. The molecule has 1 aromatic heterocycles. The van der Waals surface area contributed by atoms with Gasteiger partial charge in [-0.05, 0) is 60.9 Å². The lowest BCUT2D eigenvalue weighted by atomic mass is 9.55. The standard InChI is InChI=1S/C21H24N2O2/c1-3-13-12-21-7-9-23(21)19(11-17(13)21)20(24)15-6-8-22-18-5-4-14(25-2)10-16(15)18/h3-6,8,10,13,17,19-20,24H,1,7,9,11-12H2,2H3/t13-,17-,19?,20?,21?/m0/s1. The highest BCUT2D eigenvalue weighted by Gasteiger charge is 2.67. The Labute approximate surface area is 148 Å². The summed E-state index contributed by atoms with van der Waals surface area (Å²) < 4.78 is 5.37. The number of aliphatic hydroxyl groups is 1. The number of aliphatic hydroxyl groups excluding tert-OH is 1. The molecule has 2 aromatic rings. The van der Waals surface area contributed by atoms with E-state index in [1.807, 2.05) is 24.3 Å². The first-order valence-electron chi connectivity index (χ1n) is 9.18. The molecule has 5 atom stereocenters. The van der Waals surface area contributed by atoms with Gasteiger partial charge in [-0.1, -0.05) is 6.08 Å². The topological polar surface area (TPSA) is 45.6 Å². The van der Waals surface area contributed by atoms with Crippen LogP contribution in [0.4, 0.5) is 0 Å². The fraction of sp³-hybridized carbons (Fsp3) is 0.476. The van der Waals surface area contributed by atoms with Crippen LogP contribution in [0.25, 0.3) is 10.9 Å². The minimum Gasteiger partial charge on any atom is -0.497 e. The Hall–Kier alpha value is -1.91. The van der Waals surface area contributed by atoms with E-state index in [9.17, 15) is 5.11 Å². The molecule has 0 amide bonds. The number of aromatic nitrogens is 1. The Kier molecular flexibility index (Phi) is 3.25. The zero-order valence-corrected chi connectivity index (χ0v) is 14.6. The van der Waals surface area contributed by atoms with Crippen LogP contribution >= 0.6 is 0 Å². The van der Waals surface area contributed by atoms with Gasteiger partial charge in [-0.15, -0.1) is 6.58 Å². The van der Waals surface area contributed by atoms with Gasteiger partial charge in [0, 0.05) is 29.7 Å². The summed E-state index contributed by atoms with van der Waals surface area (Å²) in [5.41, 5.74) is 2.22. The van der Waals surface area contributed by atoms with Gasteiger partial charge in [-0.2, -0.15) is 0 Å². The summed E-state index contributed by atoms with van der Waals surface area (Å²) in [6.45, 7) is 5.11. The monoisotopic (exact) mass is 336 g/mol. The van der Waals surface area contributed by atoms with Gasteiger partial charge in [0.1, 0.15) is 5.75 Å². The zero-order chi connectivity index (χ0) is 17.2. The quantitative estimate of drug-likeness (QED) is 0.870. The van der Waals surface area contributed by atoms with E-state index in [0.717, 1.165) is 35.2 Å². The van der Waals surface area contributed by atoms with Crippen LogP contribution in [0.1, 0.15) is 30.9 Å². The Morgan fingerprint density at radius 3 is 3.04 bits per heavy atom. The van der Waals surface area contributed by atoms with Gasteiger partial charge in [0.05, 0.1) is 18.7 Å². The van der Waals surface area contributed by atoms with Gasteiger partial charge in [0.2, 0.25) is 0 Å². The van der Waals surface area contributed by atoms with Crippen molar-refractivity contribution < 1.29 is 9.84 Å². The van der Waals surface area contributed by atoms with Gasteiger partial charge in [-0.25, -0.2) is 0 Å². The molecule has 3 fully saturated rings. The Morgan fingerprint density at radius 2 is 2.32 bits per heavy atom. The van der Waals surface area contributed by atoms with Gasteiger partial charge in [-0.3, -0.25) is 9.88 Å². The molecular formula is C21H24N2O2. The van der Waals surface area contributed by atoms with Crippen LogP contribution in [0, 0.1) is 11.8 Å². The van der Waals surface area contributed by atoms with Crippen molar-refractivity contribution in [3.8, 4) is 5.75 Å². The van der Waals surface area contributed by atoms with Crippen LogP contribution in [-0.2, 0) is 0 Å². The average molecular weight is 336 g/mol. The fourth-order valence-electron chi connectivity index (χ4n) is 5.65. The molecular weight excluding hydrogens is 312 g/mol. The van der Waals surface area contributed by atoms with E-state index >= 15 is 0 Å². The highest BCUT2D eigenvalue weighted by atomic mass is 16.5. The van der Waals surface area contributed by atoms with Gasteiger partial charge in [0.25, 0.3) is 0 Å². The van der Waals surface area contributed by atoms with Crippen molar-refractivity contribution in [2.45, 2.75) is 36.9 Å². The zero-order valence-electron chi connectivity index (χ0n) is 14.6. The molecule has 1 saturated carbocycles. The SMILES string of the molecule is C=C[C@H]1CC23CCN2C(C(O)c2ccnc4ccc(OC)cc24)C[C@@H]13. The van der Waals surface area contributed by atoms with E-state index < -0.39 is 6.10 Å². The van der Waals surface area contributed by atoms with E-state index in [-0.39, 0.29) is 6.04 Å². The molecule has 1 N–H and O–H groups in total. The molecule has 3 unspecified atom stereocenters. The molecule has 3 aliphatic rings. The van der Waals surface area contributed by atoms with Crippen LogP contribution in [0.5, 0.6) is 5.75 Å². The van der Waals surface area contributed by atoms with Crippen molar-refractivity contribution in [3.05, 3.63) is 48.7 Å². The molecule has 4 nitrogen and oxygen atoms in total.